The molecule has 17 heavy (non-hydrogen) atoms. The Morgan fingerprint density at radius 2 is 1.88 bits per heavy atom. The number of hydrogen-bond acceptors (Lipinski definition) is 3. The van der Waals surface area contributed by atoms with Crippen LogP contribution in [0.2, 0.25) is 0 Å². The molecule has 1 amide bonds. The Bertz CT molecular complexity index is 260. The quantitative estimate of drug-likeness (QED) is 0.637. The van der Waals surface area contributed by atoms with Crippen molar-refractivity contribution in [3.05, 3.63) is 0 Å². The number of rotatable bonds is 6. The van der Waals surface area contributed by atoms with Crippen molar-refractivity contribution in [3.8, 4) is 0 Å². The normalized spacial score (nSPS) is 24.3. The van der Waals surface area contributed by atoms with Gasteiger partial charge in [-0.15, -0.1) is 0 Å². The molecular formula is C12H22N2O3. The summed E-state index contributed by atoms with van der Waals surface area (Å²) in [5.74, 6) is -0.417. The summed E-state index contributed by atoms with van der Waals surface area (Å²) in [7, 11) is 0. The number of carboxylic acids is 1. The molecule has 0 radical (unpaired) electrons. The third kappa shape index (κ3) is 5.17. The lowest BCUT2D eigenvalue weighted by atomic mass is 9.81. The van der Waals surface area contributed by atoms with Gasteiger partial charge in [0.05, 0.1) is 0 Å². The van der Waals surface area contributed by atoms with Crippen LogP contribution in [0.3, 0.4) is 0 Å². The lowest BCUT2D eigenvalue weighted by molar-refractivity contribution is -0.138. The van der Waals surface area contributed by atoms with Crippen LogP contribution in [-0.2, 0) is 9.59 Å². The number of nitrogens with one attached hydrogen (secondary N) is 2. The lowest BCUT2D eigenvalue weighted by Gasteiger charge is -2.27. The molecule has 0 aromatic rings. The van der Waals surface area contributed by atoms with E-state index in [4.69, 9.17) is 5.11 Å². The highest BCUT2D eigenvalue weighted by molar-refractivity contribution is 5.82. The Morgan fingerprint density at radius 3 is 2.41 bits per heavy atom. The highest BCUT2D eigenvalue weighted by atomic mass is 16.4. The van der Waals surface area contributed by atoms with Gasteiger partial charge in [-0.1, -0.05) is 6.92 Å². The Kier molecular flexibility index (Phi) is 5.97. The van der Waals surface area contributed by atoms with Crippen molar-refractivity contribution in [1.29, 1.82) is 0 Å². The van der Waals surface area contributed by atoms with Crippen LogP contribution >= 0.6 is 0 Å². The van der Waals surface area contributed by atoms with Crippen LogP contribution < -0.4 is 10.6 Å². The van der Waals surface area contributed by atoms with Crippen LogP contribution in [0.15, 0.2) is 0 Å². The summed E-state index contributed by atoms with van der Waals surface area (Å²) in [6, 6.07) is 0. The predicted octanol–water partition coefficient (Wildman–Crippen LogP) is 0.603. The van der Waals surface area contributed by atoms with Gasteiger partial charge in [0.15, 0.2) is 0 Å². The fourth-order valence-electron chi connectivity index (χ4n) is 2.28. The van der Waals surface area contributed by atoms with Gasteiger partial charge in [0.2, 0.25) is 5.91 Å². The standard InChI is InChI=1S/C12H22N2O3/c1-2-13-7-9-3-5-10(6-4-9)12(17)14-8-11(15)16/h9-10,13H,2-8H2,1H3,(H,14,17)(H,15,16). The maximum absolute atomic E-state index is 11.6. The minimum atomic E-state index is -0.987. The Hall–Kier alpha value is -1.10. The van der Waals surface area contributed by atoms with Crippen molar-refractivity contribution in [2.45, 2.75) is 32.6 Å². The van der Waals surface area contributed by atoms with E-state index in [0.717, 1.165) is 38.8 Å². The maximum atomic E-state index is 11.6. The van der Waals surface area contributed by atoms with Crippen molar-refractivity contribution < 1.29 is 14.7 Å². The summed E-state index contributed by atoms with van der Waals surface area (Å²) in [5.41, 5.74) is 0. The number of aliphatic carboxylic acids is 1. The molecule has 3 N–H and O–H groups in total. The molecule has 0 bridgehead atoms. The van der Waals surface area contributed by atoms with Gasteiger partial charge >= 0.3 is 5.97 Å². The first-order chi connectivity index (χ1) is 8.13. The molecule has 1 fully saturated rings. The largest absolute Gasteiger partial charge is 0.480 e. The van der Waals surface area contributed by atoms with Gasteiger partial charge in [-0.05, 0) is 44.7 Å². The SMILES string of the molecule is CCNCC1CCC(C(=O)NCC(=O)O)CC1. The third-order valence-corrected chi connectivity index (χ3v) is 3.31. The van der Waals surface area contributed by atoms with Crippen molar-refractivity contribution in [3.63, 3.8) is 0 Å². The molecule has 0 aliphatic heterocycles. The average molecular weight is 242 g/mol. The second kappa shape index (κ2) is 7.27. The van der Waals surface area contributed by atoms with E-state index in [-0.39, 0.29) is 18.4 Å². The molecule has 1 aliphatic rings. The number of carbonyl (C=O) groups is 2. The van der Waals surface area contributed by atoms with Crippen LogP contribution in [0.25, 0.3) is 0 Å². The molecular weight excluding hydrogens is 220 g/mol. The van der Waals surface area contributed by atoms with Gasteiger partial charge in [-0.2, -0.15) is 0 Å². The highest BCUT2D eigenvalue weighted by Gasteiger charge is 2.25. The number of amides is 1. The summed E-state index contributed by atoms with van der Waals surface area (Å²) >= 11 is 0. The highest BCUT2D eigenvalue weighted by Crippen LogP contribution is 2.28. The minimum Gasteiger partial charge on any atom is -0.480 e. The molecule has 0 saturated heterocycles. The number of carboxylic acid groups (broad SMARTS) is 1. The zero-order chi connectivity index (χ0) is 12.7. The molecule has 1 rings (SSSR count). The van der Waals surface area contributed by atoms with E-state index in [9.17, 15) is 9.59 Å². The van der Waals surface area contributed by atoms with E-state index in [1.54, 1.807) is 0 Å². The molecule has 0 atom stereocenters. The van der Waals surface area contributed by atoms with Crippen molar-refractivity contribution >= 4 is 11.9 Å². The smallest absolute Gasteiger partial charge is 0.322 e. The lowest BCUT2D eigenvalue weighted by Crippen LogP contribution is -2.37. The molecule has 0 unspecified atom stereocenters. The molecule has 5 nitrogen and oxygen atoms in total. The molecule has 0 aromatic heterocycles. The van der Waals surface area contributed by atoms with Gasteiger partial charge < -0.3 is 15.7 Å². The molecule has 1 aliphatic carbocycles. The first-order valence-corrected chi connectivity index (χ1v) is 6.33. The molecule has 1 saturated carbocycles. The van der Waals surface area contributed by atoms with Crippen molar-refractivity contribution in [1.82, 2.24) is 10.6 Å². The first-order valence-electron chi connectivity index (χ1n) is 6.33. The Labute approximate surface area is 102 Å². The first kappa shape index (κ1) is 14.0. The monoisotopic (exact) mass is 242 g/mol. The van der Waals surface area contributed by atoms with Crippen LogP contribution in [0.1, 0.15) is 32.6 Å². The summed E-state index contributed by atoms with van der Waals surface area (Å²) < 4.78 is 0. The predicted molar refractivity (Wildman–Crippen MR) is 64.6 cm³/mol. The average Bonchev–Trinajstić information content (AvgIpc) is 2.34. The van der Waals surface area contributed by atoms with Gasteiger partial charge in [0.1, 0.15) is 6.54 Å². The summed E-state index contributed by atoms with van der Waals surface area (Å²) in [4.78, 5) is 22.0. The number of hydrogen-bond donors (Lipinski definition) is 3. The zero-order valence-corrected chi connectivity index (χ0v) is 10.4. The van der Waals surface area contributed by atoms with E-state index in [1.807, 2.05) is 0 Å². The van der Waals surface area contributed by atoms with E-state index < -0.39 is 5.97 Å². The molecule has 5 heteroatoms. The maximum Gasteiger partial charge on any atom is 0.322 e. The Morgan fingerprint density at radius 1 is 1.24 bits per heavy atom. The Balaban J connectivity index is 2.21. The van der Waals surface area contributed by atoms with Crippen molar-refractivity contribution in [2.24, 2.45) is 11.8 Å². The van der Waals surface area contributed by atoms with Crippen LogP contribution in [-0.4, -0.2) is 36.6 Å². The van der Waals surface area contributed by atoms with Gasteiger partial charge in [0, 0.05) is 5.92 Å². The summed E-state index contributed by atoms with van der Waals surface area (Å²) in [6.07, 6.45) is 3.86. The fourth-order valence-corrected chi connectivity index (χ4v) is 2.28. The van der Waals surface area contributed by atoms with Gasteiger partial charge in [0.25, 0.3) is 0 Å². The second-order valence-electron chi connectivity index (χ2n) is 4.64. The topological polar surface area (TPSA) is 78.4 Å². The molecule has 0 aromatic carbocycles. The minimum absolute atomic E-state index is 0.00669. The van der Waals surface area contributed by atoms with Gasteiger partial charge in [-0.3, -0.25) is 9.59 Å². The summed E-state index contributed by atoms with van der Waals surface area (Å²) in [5, 5.41) is 14.3. The van der Waals surface area contributed by atoms with Crippen LogP contribution in [0.4, 0.5) is 0 Å². The molecule has 0 heterocycles. The van der Waals surface area contributed by atoms with Crippen molar-refractivity contribution in [2.75, 3.05) is 19.6 Å². The zero-order valence-electron chi connectivity index (χ0n) is 10.4. The van der Waals surface area contributed by atoms with Crippen LogP contribution in [0.5, 0.6) is 0 Å². The second-order valence-corrected chi connectivity index (χ2v) is 4.64. The van der Waals surface area contributed by atoms with E-state index in [1.165, 1.54) is 0 Å². The third-order valence-electron chi connectivity index (χ3n) is 3.31. The number of carbonyl (C=O) groups excluding carboxylic acids is 1. The van der Waals surface area contributed by atoms with E-state index in [0.29, 0.717) is 5.92 Å². The molecule has 98 valence electrons. The fraction of sp³-hybridized carbons (Fsp3) is 0.833. The summed E-state index contributed by atoms with van der Waals surface area (Å²) in [6.45, 7) is 3.83. The molecule has 0 spiro atoms. The van der Waals surface area contributed by atoms with E-state index in [2.05, 4.69) is 17.6 Å². The van der Waals surface area contributed by atoms with Crippen LogP contribution in [0, 0.1) is 11.8 Å². The van der Waals surface area contributed by atoms with E-state index >= 15 is 0 Å². The van der Waals surface area contributed by atoms with Gasteiger partial charge in [-0.25, -0.2) is 0 Å².